The lowest BCUT2D eigenvalue weighted by molar-refractivity contribution is 0.207. The van der Waals surface area contributed by atoms with Gasteiger partial charge in [0, 0.05) is 12.1 Å². The van der Waals surface area contributed by atoms with E-state index in [0.29, 0.717) is 5.75 Å². The van der Waals surface area contributed by atoms with Crippen LogP contribution in [0.15, 0.2) is 6.07 Å². The number of ether oxygens (including phenoxy) is 1. The van der Waals surface area contributed by atoms with Crippen molar-refractivity contribution in [2.24, 2.45) is 5.73 Å². The molecule has 2 atom stereocenters. The van der Waals surface area contributed by atoms with E-state index in [-0.39, 0.29) is 22.5 Å². The molecule has 1 aliphatic carbocycles. The summed E-state index contributed by atoms with van der Waals surface area (Å²) in [6.45, 7) is 0. The molecule has 1 aromatic heterocycles. The van der Waals surface area contributed by atoms with Crippen molar-refractivity contribution in [3.63, 3.8) is 0 Å². The van der Waals surface area contributed by atoms with Crippen LogP contribution >= 0.6 is 23.2 Å². The summed E-state index contributed by atoms with van der Waals surface area (Å²) in [6.07, 6.45) is 2.88. The third kappa shape index (κ3) is 2.71. The van der Waals surface area contributed by atoms with Gasteiger partial charge >= 0.3 is 0 Å². The standard InChI is InChI=1S/C9H11Cl2N3O/c10-8-4-7(9(11)14-13-8)15-6-2-1-5(12)3-6/h4-6H,1-3,12H2. The highest BCUT2D eigenvalue weighted by atomic mass is 35.5. The first-order valence-electron chi connectivity index (χ1n) is 4.76. The lowest BCUT2D eigenvalue weighted by Crippen LogP contribution is -2.19. The number of aromatic nitrogens is 2. The lowest BCUT2D eigenvalue weighted by Gasteiger charge is -2.13. The number of hydrogen-bond donors (Lipinski definition) is 1. The molecule has 1 heterocycles. The molecular formula is C9H11Cl2N3O. The second kappa shape index (κ2) is 4.51. The number of nitrogens with zero attached hydrogens (tertiary/aromatic N) is 2. The Morgan fingerprint density at radius 1 is 1.33 bits per heavy atom. The van der Waals surface area contributed by atoms with Gasteiger partial charge in [-0.25, -0.2) is 0 Å². The monoisotopic (exact) mass is 247 g/mol. The summed E-state index contributed by atoms with van der Waals surface area (Å²) >= 11 is 11.5. The van der Waals surface area contributed by atoms with E-state index in [0.717, 1.165) is 19.3 Å². The molecule has 0 amide bonds. The van der Waals surface area contributed by atoms with Crippen LogP contribution in [0.3, 0.4) is 0 Å². The summed E-state index contributed by atoms with van der Waals surface area (Å²) in [5, 5.41) is 7.79. The molecule has 2 N–H and O–H groups in total. The van der Waals surface area contributed by atoms with Gasteiger partial charge < -0.3 is 10.5 Å². The van der Waals surface area contributed by atoms with Gasteiger partial charge in [-0.05, 0) is 19.3 Å². The normalized spacial score (nSPS) is 25.5. The van der Waals surface area contributed by atoms with E-state index in [1.165, 1.54) is 0 Å². The molecule has 1 fully saturated rings. The zero-order valence-electron chi connectivity index (χ0n) is 7.99. The second-order valence-corrected chi connectivity index (χ2v) is 4.38. The summed E-state index contributed by atoms with van der Waals surface area (Å²) in [6, 6.07) is 1.79. The topological polar surface area (TPSA) is 61.0 Å². The Kier molecular flexibility index (Phi) is 3.29. The van der Waals surface area contributed by atoms with Crippen molar-refractivity contribution < 1.29 is 4.74 Å². The first-order valence-corrected chi connectivity index (χ1v) is 5.51. The third-order valence-corrected chi connectivity index (χ3v) is 2.85. The van der Waals surface area contributed by atoms with Crippen molar-refractivity contribution in [1.29, 1.82) is 0 Å². The average Bonchev–Trinajstić information content (AvgIpc) is 2.58. The highest BCUT2D eigenvalue weighted by Gasteiger charge is 2.24. The summed E-state index contributed by atoms with van der Waals surface area (Å²) in [4.78, 5) is 0. The van der Waals surface area contributed by atoms with Crippen LogP contribution in [-0.2, 0) is 0 Å². The van der Waals surface area contributed by atoms with Gasteiger partial charge in [0.15, 0.2) is 16.1 Å². The molecule has 0 bridgehead atoms. The molecule has 0 radical (unpaired) electrons. The van der Waals surface area contributed by atoms with Gasteiger partial charge in [0.1, 0.15) is 6.10 Å². The van der Waals surface area contributed by atoms with Crippen LogP contribution in [0.4, 0.5) is 0 Å². The lowest BCUT2D eigenvalue weighted by atomic mass is 10.3. The maximum absolute atomic E-state index is 5.82. The van der Waals surface area contributed by atoms with E-state index in [9.17, 15) is 0 Å². The Hall–Kier alpha value is -0.580. The quantitative estimate of drug-likeness (QED) is 0.869. The highest BCUT2D eigenvalue weighted by Crippen LogP contribution is 2.28. The first-order chi connectivity index (χ1) is 7.15. The molecule has 0 saturated heterocycles. The van der Waals surface area contributed by atoms with Crippen LogP contribution in [0.25, 0.3) is 0 Å². The van der Waals surface area contributed by atoms with Crippen molar-refractivity contribution in [2.45, 2.75) is 31.4 Å². The van der Waals surface area contributed by atoms with Crippen LogP contribution in [0, 0.1) is 0 Å². The van der Waals surface area contributed by atoms with E-state index in [1.807, 2.05) is 0 Å². The molecule has 4 nitrogen and oxygen atoms in total. The average molecular weight is 248 g/mol. The maximum atomic E-state index is 5.82. The maximum Gasteiger partial charge on any atom is 0.193 e. The number of halogens is 2. The molecule has 0 aromatic carbocycles. The van der Waals surface area contributed by atoms with Crippen LogP contribution in [0.5, 0.6) is 5.75 Å². The fourth-order valence-electron chi connectivity index (χ4n) is 1.68. The van der Waals surface area contributed by atoms with E-state index in [4.69, 9.17) is 33.7 Å². The van der Waals surface area contributed by atoms with Crippen LogP contribution in [-0.4, -0.2) is 22.3 Å². The van der Waals surface area contributed by atoms with Gasteiger partial charge in [-0.1, -0.05) is 23.2 Å². The predicted molar refractivity (Wildman–Crippen MR) is 58.3 cm³/mol. The molecule has 6 heteroatoms. The minimum Gasteiger partial charge on any atom is -0.487 e. The van der Waals surface area contributed by atoms with Gasteiger partial charge in [0.05, 0.1) is 0 Å². The van der Waals surface area contributed by atoms with E-state index < -0.39 is 0 Å². The molecule has 2 rings (SSSR count). The summed E-state index contributed by atoms with van der Waals surface area (Å²) < 4.78 is 5.66. The van der Waals surface area contributed by atoms with Gasteiger partial charge in [-0.15, -0.1) is 10.2 Å². The summed E-state index contributed by atoms with van der Waals surface area (Å²) in [5.41, 5.74) is 5.78. The minimum atomic E-state index is 0.109. The molecular weight excluding hydrogens is 237 g/mol. The molecule has 0 spiro atoms. The SMILES string of the molecule is NC1CCC(Oc2cc(Cl)nnc2Cl)C1. The molecule has 0 aliphatic heterocycles. The first kappa shape index (κ1) is 10.9. The van der Waals surface area contributed by atoms with E-state index in [1.54, 1.807) is 6.07 Å². The number of nitrogens with two attached hydrogens (primary N) is 1. The van der Waals surface area contributed by atoms with Crippen molar-refractivity contribution >= 4 is 23.2 Å². The zero-order chi connectivity index (χ0) is 10.8. The zero-order valence-corrected chi connectivity index (χ0v) is 9.50. The molecule has 1 saturated carbocycles. The van der Waals surface area contributed by atoms with Crippen LogP contribution in [0.2, 0.25) is 10.3 Å². The van der Waals surface area contributed by atoms with E-state index >= 15 is 0 Å². The fraction of sp³-hybridized carbons (Fsp3) is 0.556. The smallest absolute Gasteiger partial charge is 0.193 e. The van der Waals surface area contributed by atoms with Gasteiger partial charge in [0.2, 0.25) is 0 Å². The van der Waals surface area contributed by atoms with Crippen LogP contribution in [0.1, 0.15) is 19.3 Å². The van der Waals surface area contributed by atoms with Crippen LogP contribution < -0.4 is 10.5 Å². The van der Waals surface area contributed by atoms with Crippen molar-refractivity contribution in [1.82, 2.24) is 10.2 Å². The number of rotatable bonds is 2. The largest absolute Gasteiger partial charge is 0.487 e. The highest BCUT2D eigenvalue weighted by molar-refractivity contribution is 6.32. The fourth-order valence-corrected chi connectivity index (χ4v) is 1.95. The van der Waals surface area contributed by atoms with Gasteiger partial charge in [-0.2, -0.15) is 0 Å². The third-order valence-electron chi connectivity index (χ3n) is 2.41. The van der Waals surface area contributed by atoms with E-state index in [2.05, 4.69) is 10.2 Å². The summed E-state index contributed by atoms with van der Waals surface area (Å²) in [5.74, 6) is 0.482. The Morgan fingerprint density at radius 3 is 2.80 bits per heavy atom. The Labute approximate surface area is 97.7 Å². The second-order valence-electron chi connectivity index (χ2n) is 3.64. The van der Waals surface area contributed by atoms with Gasteiger partial charge in [0.25, 0.3) is 0 Å². The Morgan fingerprint density at radius 2 is 2.13 bits per heavy atom. The molecule has 82 valence electrons. The molecule has 1 aliphatic rings. The van der Waals surface area contributed by atoms with Crippen molar-refractivity contribution in [3.8, 4) is 5.75 Å². The Balaban J connectivity index is 2.07. The predicted octanol–water partition coefficient (Wildman–Crippen LogP) is 2.04. The molecule has 15 heavy (non-hydrogen) atoms. The molecule has 1 aromatic rings. The van der Waals surface area contributed by atoms with Gasteiger partial charge in [-0.3, -0.25) is 0 Å². The van der Waals surface area contributed by atoms with Crippen molar-refractivity contribution in [2.75, 3.05) is 0 Å². The molecule has 2 unspecified atom stereocenters. The summed E-state index contributed by atoms with van der Waals surface area (Å²) in [7, 11) is 0. The minimum absolute atomic E-state index is 0.109. The number of hydrogen-bond acceptors (Lipinski definition) is 4. The Bertz CT molecular complexity index is 361. The van der Waals surface area contributed by atoms with Crippen molar-refractivity contribution in [3.05, 3.63) is 16.4 Å².